The summed E-state index contributed by atoms with van der Waals surface area (Å²) in [5.74, 6) is 0.695. The van der Waals surface area contributed by atoms with E-state index in [-0.39, 0.29) is 28.6 Å². The Bertz CT molecular complexity index is 1770. The first-order chi connectivity index (χ1) is 18.3. The van der Waals surface area contributed by atoms with Crippen molar-refractivity contribution in [1.82, 2.24) is 0 Å². The Balaban J connectivity index is 1.46. The molecule has 0 spiro atoms. The third kappa shape index (κ3) is 4.10. The van der Waals surface area contributed by atoms with Gasteiger partial charge in [0.2, 0.25) is 0 Å². The molecule has 0 aliphatic carbocycles. The number of fused-ring (bicyclic) bond motifs is 1. The molecule has 4 aromatic carbocycles. The summed E-state index contributed by atoms with van der Waals surface area (Å²) in [5, 5.41) is 20.3. The van der Waals surface area contributed by atoms with Crippen molar-refractivity contribution in [1.29, 1.82) is 0 Å². The van der Waals surface area contributed by atoms with Gasteiger partial charge in [-0.1, -0.05) is 35.9 Å². The number of nitro benzene ring substituents is 1. The number of aryl methyl sites for hydroxylation is 1. The Morgan fingerprint density at radius 2 is 1.63 bits per heavy atom. The van der Waals surface area contributed by atoms with E-state index in [0.29, 0.717) is 33.8 Å². The van der Waals surface area contributed by atoms with Crippen LogP contribution in [0.3, 0.4) is 0 Å². The molecule has 2 aliphatic rings. The summed E-state index contributed by atoms with van der Waals surface area (Å²) in [6.45, 7) is 1.87. The third-order valence-corrected chi connectivity index (χ3v) is 8.14. The van der Waals surface area contributed by atoms with E-state index < -0.39 is 14.9 Å². The predicted molar refractivity (Wildman–Crippen MR) is 144 cm³/mol. The molecule has 38 heavy (non-hydrogen) atoms. The number of ether oxygens (including phenoxy) is 1. The monoisotopic (exact) mass is 524 g/mol. The summed E-state index contributed by atoms with van der Waals surface area (Å²) < 4.78 is 34.6. The van der Waals surface area contributed by atoms with Gasteiger partial charge in [-0.3, -0.25) is 14.4 Å². The molecule has 6 rings (SSSR count). The van der Waals surface area contributed by atoms with Crippen molar-refractivity contribution in [2.24, 2.45) is 10.2 Å². The van der Waals surface area contributed by atoms with E-state index in [4.69, 9.17) is 4.74 Å². The SMILES string of the molecule is Cc1ccc(S(=O)(=O)N2CC3=Cc4cc(N=Nc5ccccc5)ccc4Oc4cc([N+](=O)[O-])cc2c43)cc1. The van der Waals surface area contributed by atoms with Crippen molar-refractivity contribution < 1.29 is 18.1 Å². The van der Waals surface area contributed by atoms with Crippen LogP contribution in [0.5, 0.6) is 11.5 Å². The number of sulfonamides is 1. The van der Waals surface area contributed by atoms with Gasteiger partial charge < -0.3 is 4.74 Å². The largest absolute Gasteiger partial charge is 0.456 e. The first-order valence-electron chi connectivity index (χ1n) is 11.7. The molecule has 2 heterocycles. The highest BCUT2D eigenvalue weighted by Crippen LogP contribution is 2.50. The molecule has 0 saturated heterocycles. The number of azo groups is 1. The van der Waals surface area contributed by atoms with Crippen LogP contribution in [0.4, 0.5) is 22.7 Å². The zero-order valence-electron chi connectivity index (χ0n) is 20.1. The van der Waals surface area contributed by atoms with Gasteiger partial charge >= 0.3 is 0 Å². The highest BCUT2D eigenvalue weighted by molar-refractivity contribution is 7.92. The van der Waals surface area contributed by atoms with Gasteiger partial charge in [-0.2, -0.15) is 10.2 Å². The molecule has 4 aromatic rings. The Morgan fingerprint density at radius 3 is 2.37 bits per heavy atom. The van der Waals surface area contributed by atoms with Crippen LogP contribution in [0.15, 0.2) is 100 Å². The Kier molecular flexibility index (Phi) is 5.54. The summed E-state index contributed by atoms with van der Waals surface area (Å²) >= 11 is 0. The van der Waals surface area contributed by atoms with Crippen molar-refractivity contribution in [3.05, 3.63) is 112 Å². The minimum absolute atomic E-state index is 0.00171. The lowest BCUT2D eigenvalue weighted by Gasteiger charge is -2.20. The van der Waals surface area contributed by atoms with Crippen LogP contribution in [0, 0.1) is 17.0 Å². The van der Waals surface area contributed by atoms with E-state index in [1.54, 1.807) is 30.3 Å². The number of nitrogens with zero attached hydrogens (tertiary/aromatic N) is 4. The molecule has 0 bridgehead atoms. The molecular weight excluding hydrogens is 504 g/mol. The lowest BCUT2D eigenvalue weighted by molar-refractivity contribution is -0.384. The Hall–Kier alpha value is -4.83. The minimum Gasteiger partial charge on any atom is -0.456 e. The average Bonchev–Trinajstić information content (AvgIpc) is 3.20. The molecule has 0 N–H and O–H groups in total. The Labute approximate surface area is 218 Å². The van der Waals surface area contributed by atoms with Gasteiger partial charge in [-0.25, -0.2) is 8.42 Å². The topological polar surface area (TPSA) is 114 Å². The van der Waals surface area contributed by atoms with Gasteiger partial charge in [0, 0.05) is 17.2 Å². The summed E-state index contributed by atoms with van der Waals surface area (Å²) in [6, 6.07) is 23.7. The third-order valence-electron chi connectivity index (χ3n) is 6.37. The molecule has 0 unspecified atom stereocenters. The number of anilines is 1. The average molecular weight is 525 g/mol. The maximum absolute atomic E-state index is 13.6. The fraction of sp³-hybridized carbons (Fsp3) is 0.0714. The lowest BCUT2D eigenvalue weighted by Crippen LogP contribution is -2.29. The summed E-state index contributed by atoms with van der Waals surface area (Å²) in [4.78, 5) is 11.3. The molecule has 0 radical (unpaired) electrons. The van der Waals surface area contributed by atoms with Gasteiger partial charge in [-0.15, -0.1) is 0 Å². The van der Waals surface area contributed by atoms with Crippen LogP contribution in [0.1, 0.15) is 16.7 Å². The second kappa shape index (κ2) is 8.93. The van der Waals surface area contributed by atoms with Crippen LogP contribution in [-0.2, 0) is 10.0 Å². The van der Waals surface area contributed by atoms with Crippen LogP contribution in [0.25, 0.3) is 11.6 Å². The number of non-ortho nitro benzene ring substituents is 1. The zero-order chi connectivity index (χ0) is 26.4. The summed E-state index contributed by atoms with van der Waals surface area (Å²) in [7, 11) is -4.00. The highest BCUT2D eigenvalue weighted by atomic mass is 32.2. The van der Waals surface area contributed by atoms with Crippen LogP contribution < -0.4 is 9.04 Å². The van der Waals surface area contributed by atoms with Gasteiger partial charge in [0.1, 0.15) is 11.5 Å². The van der Waals surface area contributed by atoms with E-state index in [9.17, 15) is 18.5 Å². The molecule has 10 heteroatoms. The number of rotatable bonds is 5. The van der Waals surface area contributed by atoms with Crippen molar-refractivity contribution in [3.63, 3.8) is 0 Å². The second-order valence-electron chi connectivity index (χ2n) is 8.95. The summed E-state index contributed by atoms with van der Waals surface area (Å²) in [5.41, 5.74) is 3.97. The molecule has 0 atom stereocenters. The van der Waals surface area contributed by atoms with Gasteiger partial charge in [0.05, 0.1) is 39.5 Å². The van der Waals surface area contributed by atoms with Gasteiger partial charge in [0.15, 0.2) is 0 Å². The first kappa shape index (κ1) is 23.6. The maximum Gasteiger partial charge on any atom is 0.275 e. The molecule has 0 amide bonds. The van der Waals surface area contributed by atoms with Gasteiger partial charge in [-0.05, 0) is 61.0 Å². The van der Waals surface area contributed by atoms with Crippen molar-refractivity contribution in [2.75, 3.05) is 10.8 Å². The molecule has 0 saturated carbocycles. The normalized spacial score (nSPS) is 13.9. The van der Waals surface area contributed by atoms with E-state index in [1.165, 1.54) is 28.6 Å². The standard InChI is InChI=1S/C28H20N4O5S/c1-18-7-10-24(11-8-18)38(35,36)31-17-20-13-19-14-22(30-29-21-5-3-2-4-6-21)9-12-26(19)37-27-16-23(32(33)34)15-25(31)28(20)27/h2-16H,17H2,1H3. The number of hydrogen-bond acceptors (Lipinski definition) is 7. The zero-order valence-corrected chi connectivity index (χ0v) is 20.9. The number of hydrogen-bond donors (Lipinski definition) is 0. The number of nitro groups is 1. The molecule has 2 aliphatic heterocycles. The fourth-order valence-corrected chi connectivity index (χ4v) is 5.95. The van der Waals surface area contributed by atoms with Crippen LogP contribution >= 0.6 is 0 Å². The quantitative estimate of drug-likeness (QED) is 0.156. The highest BCUT2D eigenvalue weighted by Gasteiger charge is 2.38. The van der Waals surface area contributed by atoms with Crippen molar-refractivity contribution in [2.45, 2.75) is 11.8 Å². The number of benzene rings is 4. The van der Waals surface area contributed by atoms with Crippen molar-refractivity contribution >= 4 is 44.4 Å². The first-order valence-corrected chi connectivity index (χ1v) is 13.1. The fourth-order valence-electron chi connectivity index (χ4n) is 4.50. The Morgan fingerprint density at radius 1 is 0.895 bits per heavy atom. The molecular formula is C28H20N4O5S. The van der Waals surface area contributed by atoms with Crippen LogP contribution in [-0.4, -0.2) is 19.9 Å². The molecule has 0 fully saturated rings. The molecule has 188 valence electrons. The summed E-state index contributed by atoms with van der Waals surface area (Å²) in [6.07, 6.45) is 1.84. The van der Waals surface area contributed by atoms with Gasteiger partial charge in [0.25, 0.3) is 15.7 Å². The van der Waals surface area contributed by atoms with E-state index in [2.05, 4.69) is 10.2 Å². The minimum atomic E-state index is -4.00. The van der Waals surface area contributed by atoms with Crippen LogP contribution in [0.2, 0.25) is 0 Å². The predicted octanol–water partition coefficient (Wildman–Crippen LogP) is 7.17. The maximum atomic E-state index is 13.6. The van der Waals surface area contributed by atoms with E-state index in [1.807, 2.05) is 43.3 Å². The molecule has 9 nitrogen and oxygen atoms in total. The lowest BCUT2D eigenvalue weighted by atomic mass is 10.0. The smallest absolute Gasteiger partial charge is 0.275 e. The second-order valence-corrected chi connectivity index (χ2v) is 10.8. The molecule has 0 aromatic heterocycles. The van der Waals surface area contributed by atoms with Crippen molar-refractivity contribution in [3.8, 4) is 11.5 Å². The van der Waals surface area contributed by atoms with E-state index in [0.717, 1.165) is 5.56 Å². The van der Waals surface area contributed by atoms with E-state index >= 15 is 0 Å².